The molecule has 0 bridgehead atoms. The summed E-state index contributed by atoms with van der Waals surface area (Å²) in [6, 6.07) is 0. The fraction of sp³-hybridized carbons (Fsp3) is 0.694. The number of carbonyl (C=O) groups is 3. The molecule has 3 atom stereocenters. The third-order valence-corrected chi connectivity index (χ3v) is 12.9. The minimum absolute atomic E-state index is 0.0830. The molecule has 424 valence electrons. The molecule has 0 saturated heterocycles. The van der Waals surface area contributed by atoms with Gasteiger partial charge in [0.1, 0.15) is 12.7 Å². The zero-order chi connectivity index (χ0) is 54.1. The van der Waals surface area contributed by atoms with Gasteiger partial charge in [-0.05, 0) is 116 Å². The predicted molar refractivity (Wildman–Crippen MR) is 307 cm³/mol. The van der Waals surface area contributed by atoms with Gasteiger partial charge in [-0.25, -0.2) is 4.57 Å². The van der Waals surface area contributed by atoms with Gasteiger partial charge in [0, 0.05) is 19.3 Å². The summed E-state index contributed by atoms with van der Waals surface area (Å²) in [7, 11) is -4.77. The van der Waals surface area contributed by atoms with Crippen molar-refractivity contribution in [3.63, 3.8) is 0 Å². The van der Waals surface area contributed by atoms with Crippen LogP contribution in [0.2, 0.25) is 0 Å². The number of aliphatic hydroxyl groups is 1. The van der Waals surface area contributed by atoms with E-state index in [1.807, 2.05) is 12.2 Å². The van der Waals surface area contributed by atoms with Crippen molar-refractivity contribution in [3.05, 3.63) is 97.2 Å². The van der Waals surface area contributed by atoms with Crippen LogP contribution >= 0.6 is 7.82 Å². The molecular weight excluding hydrogens is 952 g/mol. The predicted octanol–water partition coefficient (Wildman–Crippen LogP) is 17.3. The van der Waals surface area contributed by atoms with E-state index in [0.717, 1.165) is 116 Å². The second kappa shape index (κ2) is 55.6. The number of hydrogen-bond donors (Lipinski definition) is 2. The number of phosphoric acid groups is 1. The Morgan fingerprint density at radius 1 is 0.392 bits per heavy atom. The fourth-order valence-electron chi connectivity index (χ4n) is 7.53. The average Bonchev–Trinajstić information content (AvgIpc) is 3.39. The van der Waals surface area contributed by atoms with Gasteiger partial charge in [0.05, 0.1) is 19.8 Å². The molecule has 74 heavy (non-hydrogen) atoms. The largest absolute Gasteiger partial charge is 0.472 e. The number of ether oxygens (including phenoxy) is 3. The lowest BCUT2D eigenvalue weighted by Crippen LogP contribution is -2.30. The van der Waals surface area contributed by atoms with E-state index in [4.69, 9.17) is 23.3 Å². The molecule has 0 aliphatic rings. The molecule has 0 fully saturated rings. The summed E-state index contributed by atoms with van der Waals surface area (Å²) in [6.45, 7) is 4.41. The Morgan fingerprint density at radius 3 is 1.18 bits per heavy atom. The molecule has 0 aliphatic heterocycles. The van der Waals surface area contributed by atoms with Crippen LogP contribution in [0.4, 0.5) is 0 Å². The van der Waals surface area contributed by atoms with Crippen LogP contribution in [-0.4, -0.2) is 66.5 Å². The van der Waals surface area contributed by atoms with E-state index < -0.39 is 57.8 Å². The molecule has 0 amide bonds. The van der Waals surface area contributed by atoms with Crippen molar-refractivity contribution >= 4 is 25.7 Å². The van der Waals surface area contributed by atoms with Crippen LogP contribution in [0.3, 0.4) is 0 Å². The van der Waals surface area contributed by atoms with Gasteiger partial charge < -0.3 is 24.2 Å². The molecule has 0 aliphatic carbocycles. The zero-order valence-corrected chi connectivity index (χ0v) is 47.7. The highest BCUT2D eigenvalue weighted by Crippen LogP contribution is 2.43. The maximum Gasteiger partial charge on any atom is 0.472 e. The molecule has 0 spiro atoms. The normalized spacial score (nSPS) is 14.1. The molecule has 12 heteroatoms. The van der Waals surface area contributed by atoms with Crippen molar-refractivity contribution in [2.45, 2.75) is 251 Å². The average molecular weight is 1060 g/mol. The third-order valence-electron chi connectivity index (χ3n) is 12.0. The van der Waals surface area contributed by atoms with E-state index in [-0.39, 0.29) is 25.9 Å². The van der Waals surface area contributed by atoms with Crippen LogP contribution in [0.25, 0.3) is 0 Å². The lowest BCUT2D eigenvalue weighted by atomic mass is 10.1. The zero-order valence-electron chi connectivity index (χ0n) is 46.8. The first-order valence-corrected chi connectivity index (χ1v) is 30.6. The molecule has 0 rings (SSSR count). The molecular formula is C62H105O11P. The minimum atomic E-state index is -4.77. The molecule has 0 aromatic carbocycles. The quantitative estimate of drug-likeness (QED) is 0.0197. The third kappa shape index (κ3) is 53.2. The van der Waals surface area contributed by atoms with E-state index in [0.29, 0.717) is 25.7 Å². The standard InChI is InChI=1S/C62H105O11P/c1-4-7-10-13-16-19-22-25-28-29-32-35-38-41-44-47-50-53-62(66)73-59(55-69-60(64)51-48-45-42-39-36-33-30-26-23-20-17-14-11-8-5-2)57-71-74(67,68)70-56-58(54-63)72-61(65)52-49-46-43-40-37-34-31-27-24-21-18-15-12-9-6-3/h7,10,16,18-19,21,25-28,30-32,35,41,44,58-59,63H,4-6,8-9,11-15,17,20,22-24,29,33-34,36-40,42-43,45-57H2,1-3H3,(H,67,68)/b10-7-,19-16-,21-18-,28-25-,30-26-,31-27-,35-32-,44-41-. The van der Waals surface area contributed by atoms with Gasteiger partial charge in [-0.15, -0.1) is 0 Å². The highest BCUT2D eigenvalue weighted by Gasteiger charge is 2.28. The van der Waals surface area contributed by atoms with E-state index in [9.17, 15) is 28.9 Å². The summed E-state index contributed by atoms with van der Waals surface area (Å²) in [5.41, 5.74) is 0. The van der Waals surface area contributed by atoms with Crippen LogP contribution in [0.1, 0.15) is 239 Å². The van der Waals surface area contributed by atoms with Crippen LogP contribution in [-0.2, 0) is 42.2 Å². The molecule has 0 saturated carbocycles. The summed E-state index contributed by atoms with van der Waals surface area (Å²) >= 11 is 0. The molecule has 2 N–H and O–H groups in total. The van der Waals surface area contributed by atoms with Gasteiger partial charge in [-0.1, -0.05) is 201 Å². The van der Waals surface area contributed by atoms with Crippen LogP contribution < -0.4 is 0 Å². The number of esters is 3. The van der Waals surface area contributed by atoms with Gasteiger partial charge in [-0.2, -0.15) is 0 Å². The van der Waals surface area contributed by atoms with Gasteiger partial charge in [0.25, 0.3) is 0 Å². The Bertz CT molecular complexity index is 1610. The van der Waals surface area contributed by atoms with E-state index >= 15 is 0 Å². The van der Waals surface area contributed by atoms with Crippen molar-refractivity contribution in [3.8, 4) is 0 Å². The highest BCUT2D eigenvalue weighted by molar-refractivity contribution is 7.47. The lowest BCUT2D eigenvalue weighted by Gasteiger charge is -2.21. The van der Waals surface area contributed by atoms with E-state index in [1.54, 1.807) is 0 Å². The molecule has 0 heterocycles. The van der Waals surface area contributed by atoms with Crippen LogP contribution in [0.5, 0.6) is 0 Å². The Kier molecular flexibility index (Phi) is 52.9. The summed E-state index contributed by atoms with van der Waals surface area (Å²) in [4.78, 5) is 48.5. The second-order valence-electron chi connectivity index (χ2n) is 19.1. The minimum Gasteiger partial charge on any atom is -0.462 e. The van der Waals surface area contributed by atoms with Gasteiger partial charge in [0.15, 0.2) is 6.10 Å². The summed E-state index contributed by atoms with van der Waals surface area (Å²) < 4.78 is 39.4. The monoisotopic (exact) mass is 1060 g/mol. The molecule has 11 nitrogen and oxygen atoms in total. The van der Waals surface area contributed by atoms with Crippen molar-refractivity contribution < 1.29 is 52.2 Å². The molecule has 0 radical (unpaired) electrons. The maximum atomic E-state index is 12.9. The van der Waals surface area contributed by atoms with Crippen molar-refractivity contribution in [1.29, 1.82) is 0 Å². The van der Waals surface area contributed by atoms with Gasteiger partial charge in [-0.3, -0.25) is 23.4 Å². The van der Waals surface area contributed by atoms with Crippen molar-refractivity contribution in [2.24, 2.45) is 0 Å². The van der Waals surface area contributed by atoms with Crippen LogP contribution in [0.15, 0.2) is 97.2 Å². The summed E-state index contributed by atoms with van der Waals surface area (Å²) in [5.74, 6) is -1.56. The second-order valence-corrected chi connectivity index (χ2v) is 20.5. The smallest absolute Gasteiger partial charge is 0.462 e. The number of phosphoric ester groups is 1. The van der Waals surface area contributed by atoms with E-state index in [1.165, 1.54) is 57.8 Å². The molecule has 0 aromatic rings. The Hall–Kier alpha value is -3.60. The first-order chi connectivity index (χ1) is 36.2. The number of aliphatic hydroxyl groups excluding tert-OH is 1. The number of unbranched alkanes of at least 4 members (excludes halogenated alkanes) is 20. The van der Waals surface area contributed by atoms with Crippen LogP contribution in [0, 0.1) is 0 Å². The number of hydrogen-bond acceptors (Lipinski definition) is 10. The molecule has 3 unspecified atom stereocenters. The maximum absolute atomic E-state index is 12.9. The number of allylic oxidation sites excluding steroid dienone is 16. The summed E-state index contributed by atoms with van der Waals surface area (Å²) in [5, 5.41) is 9.81. The Balaban J connectivity index is 4.84. The van der Waals surface area contributed by atoms with Crippen molar-refractivity contribution in [1.82, 2.24) is 0 Å². The van der Waals surface area contributed by atoms with Crippen molar-refractivity contribution in [2.75, 3.05) is 26.4 Å². The number of rotatable bonds is 53. The topological polar surface area (TPSA) is 155 Å². The highest BCUT2D eigenvalue weighted by atomic mass is 31.2. The fourth-order valence-corrected chi connectivity index (χ4v) is 8.32. The van der Waals surface area contributed by atoms with E-state index in [2.05, 4.69) is 106 Å². The first kappa shape index (κ1) is 70.4. The first-order valence-electron chi connectivity index (χ1n) is 29.1. The van der Waals surface area contributed by atoms with Gasteiger partial charge in [0.2, 0.25) is 0 Å². The molecule has 0 aromatic heterocycles. The Labute approximate surface area is 451 Å². The summed E-state index contributed by atoms with van der Waals surface area (Å²) in [6.07, 6.45) is 65.1. The number of carbonyl (C=O) groups excluding carboxylic acids is 3. The Morgan fingerprint density at radius 2 is 0.716 bits per heavy atom. The SMILES string of the molecule is CC/C=C\C/C=C\C/C=C\C/C=C\C/C=C\CCCC(=O)OC(COC(=O)CCCCCCC/C=C\CCCCCCCC)COP(=O)(O)OCC(CO)OC(=O)CCCCCCC/C=C\C/C=C\CCCCC. The lowest BCUT2D eigenvalue weighted by molar-refractivity contribution is -0.161. The van der Waals surface area contributed by atoms with Gasteiger partial charge >= 0.3 is 25.7 Å².